The lowest BCUT2D eigenvalue weighted by atomic mass is 9.70. The average molecular weight is 532 g/mol. The van der Waals surface area contributed by atoms with Crippen LogP contribution in [-0.4, -0.2) is 88.6 Å². The molecule has 0 aromatic rings. The van der Waals surface area contributed by atoms with Crippen LogP contribution in [0.15, 0.2) is 0 Å². The third kappa shape index (κ3) is 5.04. The molecule has 1 N–H and O–H groups in total. The van der Waals surface area contributed by atoms with E-state index >= 15 is 0 Å². The van der Waals surface area contributed by atoms with Gasteiger partial charge in [0.25, 0.3) is 0 Å². The fourth-order valence-corrected chi connectivity index (χ4v) is 22.7. The minimum absolute atomic E-state index is 0.268. The maximum Gasteiger partial charge on any atom is 0.250 e. The second kappa shape index (κ2) is 10.4. The van der Waals surface area contributed by atoms with E-state index in [1.54, 1.807) is 14.2 Å². The summed E-state index contributed by atoms with van der Waals surface area (Å²) in [5, 5.41) is 3.05. The zero-order valence-corrected chi connectivity index (χ0v) is 27.8. The normalized spacial score (nSPS) is 20.2. The Morgan fingerprint density at radius 1 is 0.969 bits per heavy atom. The van der Waals surface area contributed by atoms with E-state index in [4.69, 9.17) is 18.3 Å². The number of nitrogens with zero attached hydrogens (tertiary/aromatic N) is 1. The summed E-state index contributed by atoms with van der Waals surface area (Å²) in [5.74, 6) is -0.991. The van der Waals surface area contributed by atoms with Crippen LogP contribution in [0.25, 0.3) is 0 Å². The molecule has 0 bridgehead atoms. The fraction of sp³-hybridized carbons (Fsp3) is 1.00. The molecule has 1 unspecified atom stereocenters. The van der Waals surface area contributed by atoms with Gasteiger partial charge in [-0.25, -0.2) is 0 Å². The van der Waals surface area contributed by atoms with Gasteiger partial charge in [0, 0.05) is 30.7 Å². The summed E-state index contributed by atoms with van der Waals surface area (Å²) in [4.78, 5) is 0. The Bertz CT molecular complexity index is 600. The second-order valence-electron chi connectivity index (χ2n) is 12.0. The number of methoxy groups -OCH3 is 2. The third-order valence-electron chi connectivity index (χ3n) is 7.39. The van der Waals surface area contributed by atoms with E-state index < -0.39 is 41.6 Å². The molecule has 1 rings (SSSR count). The molecule has 11 heteroatoms. The van der Waals surface area contributed by atoms with Gasteiger partial charge in [0.1, 0.15) is 16.5 Å². The van der Waals surface area contributed by atoms with Crippen molar-refractivity contribution in [3.63, 3.8) is 0 Å². The standard InChI is InChI=1S/C21H47N2O4Si5/c1-14-17(23(31(8,9)10)32(11,12)13)18(2,3)20(26-28,27-29)19(4,5)30-16-15-22-21(30,24-6)25-7/h17,22H,14-16H2,1-13H3. The van der Waals surface area contributed by atoms with Crippen molar-refractivity contribution in [3.05, 3.63) is 0 Å². The van der Waals surface area contributed by atoms with Gasteiger partial charge in [-0.3, -0.25) is 5.32 Å². The molecule has 1 saturated heterocycles. The lowest BCUT2D eigenvalue weighted by molar-refractivity contribution is -0.232. The quantitative estimate of drug-likeness (QED) is 0.303. The zero-order valence-electron chi connectivity index (χ0n) is 22.8. The van der Waals surface area contributed by atoms with Crippen LogP contribution in [0.1, 0.15) is 41.0 Å². The number of hydrogen-bond donors (Lipinski definition) is 1. The van der Waals surface area contributed by atoms with E-state index in [9.17, 15) is 0 Å². The Hall–Kier alpha value is 0.844. The topological polar surface area (TPSA) is 52.2 Å². The Balaban J connectivity index is 3.77. The van der Waals surface area contributed by atoms with E-state index in [-0.39, 0.29) is 11.5 Å². The third-order valence-corrected chi connectivity index (χ3v) is 19.5. The summed E-state index contributed by atoms with van der Waals surface area (Å²) in [6.45, 7) is 26.9. The van der Waals surface area contributed by atoms with Crippen molar-refractivity contribution < 1.29 is 18.3 Å². The zero-order chi connectivity index (χ0) is 25.4. The summed E-state index contributed by atoms with van der Waals surface area (Å²) < 4.78 is 27.4. The molecular formula is C21H47N2O4Si5. The van der Waals surface area contributed by atoms with Gasteiger partial charge in [-0.05, 0) is 19.0 Å². The van der Waals surface area contributed by atoms with Crippen molar-refractivity contribution in [3.8, 4) is 0 Å². The first-order chi connectivity index (χ1) is 14.4. The number of ether oxygens (including phenoxy) is 2. The highest BCUT2D eigenvalue weighted by Crippen LogP contribution is 2.59. The van der Waals surface area contributed by atoms with E-state index in [1.807, 2.05) is 0 Å². The summed E-state index contributed by atoms with van der Waals surface area (Å²) in [6, 6.07) is 1.24. The first kappa shape index (κ1) is 30.9. The summed E-state index contributed by atoms with van der Waals surface area (Å²) in [5.41, 5.74) is -1.19. The lowest BCUT2D eigenvalue weighted by Gasteiger charge is -2.63. The van der Waals surface area contributed by atoms with Crippen LogP contribution in [0, 0.1) is 5.41 Å². The minimum Gasteiger partial charge on any atom is -0.392 e. The molecule has 185 valence electrons. The predicted molar refractivity (Wildman–Crippen MR) is 142 cm³/mol. The fourth-order valence-electron chi connectivity index (χ4n) is 6.54. The van der Waals surface area contributed by atoms with Crippen molar-refractivity contribution in [1.29, 1.82) is 0 Å². The maximum absolute atomic E-state index is 6.30. The molecule has 1 aliphatic rings. The first-order valence-corrected chi connectivity index (χ1v) is 21.0. The molecule has 1 heterocycles. The molecule has 0 aliphatic carbocycles. The summed E-state index contributed by atoms with van der Waals surface area (Å²) in [7, 11) is 5.78. The Labute approximate surface area is 208 Å². The van der Waals surface area contributed by atoms with Crippen LogP contribution in [0.3, 0.4) is 0 Å². The van der Waals surface area contributed by atoms with Crippen LogP contribution < -0.4 is 5.32 Å². The molecule has 6 nitrogen and oxygen atoms in total. The lowest BCUT2D eigenvalue weighted by Crippen LogP contribution is -2.73. The molecule has 7 radical (unpaired) electrons. The molecule has 0 saturated carbocycles. The molecule has 0 aromatic heterocycles. The van der Waals surface area contributed by atoms with Gasteiger partial charge in [0.2, 0.25) is 26.5 Å². The molecule has 0 amide bonds. The second-order valence-corrected chi connectivity index (χ2v) is 25.9. The molecule has 1 fully saturated rings. The van der Waals surface area contributed by atoms with E-state index in [2.05, 4.69) is 104 Å². The van der Waals surface area contributed by atoms with Crippen molar-refractivity contribution in [1.82, 2.24) is 9.55 Å². The van der Waals surface area contributed by atoms with E-state index in [0.29, 0.717) is 0 Å². The molecular weight excluding hydrogens is 485 g/mol. The van der Waals surface area contributed by atoms with Crippen molar-refractivity contribution in [2.75, 3.05) is 20.8 Å². The smallest absolute Gasteiger partial charge is 0.250 e. The maximum atomic E-state index is 6.30. The van der Waals surface area contributed by atoms with Crippen LogP contribution in [0.2, 0.25) is 50.4 Å². The van der Waals surface area contributed by atoms with Crippen molar-refractivity contribution >= 4 is 46.2 Å². The molecule has 0 aromatic carbocycles. The van der Waals surface area contributed by atoms with E-state index in [0.717, 1.165) is 19.0 Å². The molecule has 1 aliphatic heterocycles. The monoisotopic (exact) mass is 531 g/mol. The van der Waals surface area contributed by atoms with E-state index in [1.165, 1.54) is 0 Å². The van der Waals surface area contributed by atoms with Crippen molar-refractivity contribution in [2.45, 2.75) is 109 Å². The Kier molecular flexibility index (Phi) is 10.1. The highest BCUT2D eigenvalue weighted by Gasteiger charge is 2.67. The number of rotatable bonds is 12. The Morgan fingerprint density at radius 2 is 1.41 bits per heavy atom. The minimum atomic E-state index is -1.65. The molecule has 1 atom stereocenters. The van der Waals surface area contributed by atoms with Gasteiger partial charge in [0.15, 0.2) is 14.6 Å². The highest BCUT2D eigenvalue weighted by molar-refractivity contribution is 6.89. The van der Waals surface area contributed by atoms with Crippen molar-refractivity contribution in [2.24, 2.45) is 5.41 Å². The van der Waals surface area contributed by atoms with Gasteiger partial charge in [-0.1, -0.05) is 73.9 Å². The average Bonchev–Trinajstić information content (AvgIpc) is 3.10. The van der Waals surface area contributed by atoms with Crippen LogP contribution >= 0.6 is 0 Å². The number of hydrogen-bond acceptors (Lipinski definition) is 6. The largest absolute Gasteiger partial charge is 0.392 e. The van der Waals surface area contributed by atoms with Crippen LogP contribution in [0.4, 0.5) is 0 Å². The molecule has 0 spiro atoms. The van der Waals surface area contributed by atoms with Crippen LogP contribution in [0.5, 0.6) is 0 Å². The predicted octanol–water partition coefficient (Wildman–Crippen LogP) is 4.02. The van der Waals surface area contributed by atoms with Gasteiger partial charge in [-0.15, -0.1) is 0 Å². The highest BCUT2D eigenvalue weighted by atomic mass is 28.4. The first-order valence-electron chi connectivity index (χ1n) is 11.6. The Morgan fingerprint density at radius 3 is 1.72 bits per heavy atom. The van der Waals surface area contributed by atoms with Gasteiger partial charge in [-0.2, -0.15) is 0 Å². The van der Waals surface area contributed by atoms with Gasteiger partial charge >= 0.3 is 0 Å². The summed E-state index contributed by atoms with van der Waals surface area (Å²) >= 11 is 0. The SMILES string of the molecule is CCC(N([Si](C)(C)C)[Si](C)(C)C)C(C)(C)C(O[Si])(O[Si])C(C)(C)[Si]1CCNC1(OC)OC. The molecule has 32 heavy (non-hydrogen) atoms. The van der Waals surface area contributed by atoms with Gasteiger partial charge < -0.3 is 22.6 Å². The van der Waals surface area contributed by atoms with Gasteiger partial charge in [0.05, 0.1) is 0 Å². The van der Waals surface area contributed by atoms with Crippen LogP contribution in [-0.2, 0) is 18.3 Å². The summed E-state index contributed by atoms with van der Waals surface area (Å²) in [6.07, 6.45) is 1.00. The number of nitrogens with one attached hydrogen (secondary N) is 1.